The molecule has 0 saturated heterocycles. The third-order valence-electron chi connectivity index (χ3n) is 0. The molecule has 0 fully saturated rings. The SMILES string of the molecule is C=O.[O]=[Cr](=[O])([O-])[O-].[Zn+2]. The van der Waals surface area contributed by atoms with E-state index in [4.69, 9.17) is 20.7 Å². The Morgan fingerprint density at radius 3 is 1.12 bits per heavy atom. The average molecular weight is 211 g/mol. The first kappa shape index (κ1) is 15.8. The summed E-state index contributed by atoms with van der Waals surface area (Å²) >= 11 is -5.75. The van der Waals surface area contributed by atoms with Crippen LogP contribution in [0.4, 0.5) is 0 Å². The summed E-state index contributed by atoms with van der Waals surface area (Å²) in [5.41, 5.74) is 0. The van der Waals surface area contributed by atoms with E-state index in [0.717, 1.165) is 0 Å². The van der Waals surface area contributed by atoms with Gasteiger partial charge >= 0.3 is 49.0 Å². The van der Waals surface area contributed by atoms with Gasteiger partial charge in [-0.25, -0.2) is 0 Å². The molecule has 0 aromatic rings. The fraction of sp³-hybridized carbons (Fsp3) is 0. The standard InChI is InChI=1S/CH2O.Cr.4O.Zn/c1-2;;;;;;/h1H2;;;;;;/q;;;;2*-1;+2. The molecule has 0 aromatic heterocycles. The second kappa shape index (κ2) is 7.35. The van der Waals surface area contributed by atoms with E-state index >= 15 is 0 Å². The van der Waals surface area contributed by atoms with Crippen LogP contribution in [0.15, 0.2) is 0 Å². The monoisotopic (exact) mass is 210 g/mol. The molecule has 0 bridgehead atoms. The summed E-state index contributed by atoms with van der Waals surface area (Å²) in [5, 5.41) is 0. The molecule has 0 heterocycles. The fourth-order valence-electron chi connectivity index (χ4n) is 0. The summed E-state index contributed by atoms with van der Waals surface area (Å²) in [6.45, 7) is 2.00. The fourth-order valence-corrected chi connectivity index (χ4v) is 0. The van der Waals surface area contributed by atoms with Crippen LogP contribution < -0.4 is 8.32 Å². The van der Waals surface area contributed by atoms with Crippen LogP contribution in [0, 0.1) is 0 Å². The number of hydrogen-bond donors (Lipinski definition) is 0. The van der Waals surface area contributed by atoms with E-state index in [-0.39, 0.29) is 19.5 Å². The molecule has 0 unspecified atom stereocenters. The second-order valence-electron chi connectivity index (χ2n) is 0.408. The van der Waals surface area contributed by atoms with Crippen LogP contribution in [-0.2, 0) is 45.5 Å². The molecular weight excluding hydrogens is 209 g/mol. The summed E-state index contributed by atoms with van der Waals surface area (Å²) in [6, 6.07) is 0. The predicted octanol–water partition coefficient (Wildman–Crippen LogP) is -2.81. The summed E-state index contributed by atoms with van der Waals surface area (Å²) < 4.78 is 34.4. The quantitative estimate of drug-likeness (QED) is 0.403. The van der Waals surface area contributed by atoms with Gasteiger partial charge in [-0.3, -0.25) is 0 Å². The minimum Gasteiger partial charge on any atom is 2.00 e. The van der Waals surface area contributed by atoms with Gasteiger partial charge in [-0.2, -0.15) is 0 Å². The zero-order valence-corrected chi connectivity index (χ0v) is 8.11. The average Bonchev–Trinajstić information content (AvgIpc) is 1.36. The van der Waals surface area contributed by atoms with Crippen LogP contribution in [-0.4, -0.2) is 6.79 Å². The summed E-state index contributed by atoms with van der Waals surface area (Å²) in [4.78, 5) is 8.00. The number of hydrogen-bond acceptors (Lipinski definition) is 5. The van der Waals surface area contributed by atoms with Gasteiger partial charge in [-0.1, -0.05) is 0 Å². The van der Waals surface area contributed by atoms with E-state index in [9.17, 15) is 0 Å². The molecule has 7 heteroatoms. The Hall–Kier alpha value is 0.346. The van der Waals surface area contributed by atoms with Crippen molar-refractivity contribution in [2.24, 2.45) is 0 Å². The molecule has 0 aliphatic carbocycles. The third kappa shape index (κ3) is 1520. The summed E-state index contributed by atoms with van der Waals surface area (Å²) in [6.07, 6.45) is 0. The molecule has 0 aromatic carbocycles. The molecule has 5 nitrogen and oxygen atoms in total. The largest absolute Gasteiger partial charge is 2.00 e. The van der Waals surface area contributed by atoms with Crippen molar-refractivity contribution in [1.29, 1.82) is 0 Å². The van der Waals surface area contributed by atoms with Gasteiger partial charge in [-0.05, 0) is 0 Å². The van der Waals surface area contributed by atoms with E-state index in [2.05, 4.69) is 0 Å². The van der Waals surface area contributed by atoms with Crippen LogP contribution >= 0.6 is 0 Å². The zero-order chi connectivity index (χ0) is 6.50. The summed E-state index contributed by atoms with van der Waals surface area (Å²) in [5.74, 6) is 0. The van der Waals surface area contributed by atoms with Crippen molar-refractivity contribution in [2.75, 3.05) is 0 Å². The molecule has 44 valence electrons. The first-order valence-corrected chi connectivity index (χ1v) is 3.04. The van der Waals surface area contributed by atoms with Gasteiger partial charge < -0.3 is 4.79 Å². The second-order valence-corrected chi connectivity index (χ2v) is 1.68. The molecule has 0 saturated carbocycles. The zero-order valence-electron chi connectivity index (χ0n) is 3.86. The molecule has 0 rings (SSSR count). The number of carbonyl (C=O) groups excluding carboxylic acids is 1. The Morgan fingerprint density at radius 2 is 1.12 bits per heavy atom. The van der Waals surface area contributed by atoms with Crippen molar-refractivity contribution in [3.63, 3.8) is 0 Å². The van der Waals surface area contributed by atoms with E-state index in [1.54, 1.807) is 0 Å². The predicted molar refractivity (Wildman–Crippen MR) is 8.49 cm³/mol. The Morgan fingerprint density at radius 1 is 1.12 bits per heavy atom. The first-order valence-electron chi connectivity index (χ1n) is 0.955. The van der Waals surface area contributed by atoms with Gasteiger partial charge in [-0.15, -0.1) is 0 Å². The van der Waals surface area contributed by atoms with Crippen molar-refractivity contribution in [3.05, 3.63) is 0 Å². The molecule has 0 spiro atoms. The summed E-state index contributed by atoms with van der Waals surface area (Å²) in [7, 11) is 0. The smallest absolute Gasteiger partial charge is 2.00 e. The maximum Gasteiger partial charge on any atom is 2.00 e. The Kier molecular flexibility index (Phi) is 14.5. The van der Waals surface area contributed by atoms with Crippen molar-refractivity contribution in [3.8, 4) is 0 Å². The molecule has 0 aliphatic rings. The Bertz CT molecular complexity index is 106. The van der Waals surface area contributed by atoms with Crippen LogP contribution in [0.5, 0.6) is 0 Å². The number of rotatable bonds is 0. The minimum absolute atomic E-state index is 0. The molecule has 0 N–H and O–H groups in total. The molecule has 0 radical (unpaired) electrons. The van der Waals surface area contributed by atoms with Gasteiger partial charge in [0, 0.05) is 0 Å². The van der Waals surface area contributed by atoms with E-state index in [1.165, 1.54) is 0 Å². The van der Waals surface area contributed by atoms with Crippen molar-refractivity contribution in [2.45, 2.75) is 0 Å². The minimum atomic E-state index is -5.75. The van der Waals surface area contributed by atoms with Gasteiger partial charge in [0.1, 0.15) is 6.79 Å². The van der Waals surface area contributed by atoms with E-state index < -0.39 is 13.6 Å². The van der Waals surface area contributed by atoms with Crippen LogP contribution in [0.2, 0.25) is 0 Å². The Labute approximate surface area is 60.9 Å². The van der Waals surface area contributed by atoms with Crippen LogP contribution in [0.3, 0.4) is 0 Å². The van der Waals surface area contributed by atoms with Gasteiger partial charge in [0.2, 0.25) is 0 Å². The van der Waals surface area contributed by atoms with Crippen LogP contribution in [0.25, 0.3) is 0 Å². The van der Waals surface area contributed by atoms with Crippen molar-refractivity contribution < 1.29 is 53.8 Å². The van der Waals surface area contributed by atoms with Gasteiger partial charge in [0.25, 0.3) is 0 Å². The van der Waals surface area contributed by atoms with Gasteiger partial charge in [0.15, 0.2) is 0 Å². The molecular formula is CH2CrO5Zn. The first-order chi connectivity index (χ1) is 3.00. The third-order valence-corrected chi connectivity index (χ3v) is 0. The maximum atomic E-state index is 8.59. The van der Waals surface area contributed by atoms with Crippen molar-refractivity contribution >= 4 is 6.79 Å². The molecule has 0 aliphatic heterocycles. The maximum absolute atomic E-state index is 8.59. The Balaban J connectivity index is -0.0000000750. The number of carbonyl (C=O) groups is 1. The van der Waals surface area contributed by atoms with Crippen LogP contribution in [0.1, 0.15) is 0 Å². The van der Waals surface area contributed by atoms with Crippen molar-refractivity contribution in [1.82, 2.24) is 0 Å². The molecule has 0 amide bonds. The topological polar surface area (TPSA) is 97.3 Å². The van der Waals surface area contributed by atoms with E-state index in [1.807, 2.05) is 6.79 Å². The normalized spacial score (nSPS) is 7.75. The molecule has 8 heavy (non-hydrogen) atoms. The van der Waals surface area contributed by atoms with Gasteiger partial charge in [0.05, 0.1) is 0 Å². The molecule has 0 atom stereocenters. The van der Waals surface area contributed by atoms with E-state index in [0.29, 0.717) is 0 Å².